The topological polar surface area (TPSA) is 93.6 Å². The van der Waals surface area contributed by atoms with Crippen LogP contribution in [0.1, 0.15) is 40.0 Å². The van der Waals surface area contributed by atoms with Crippen LogP contribution in [0.25, 0.3) is 0 Å². The van der Waals surface area contributed by atoms with Crippen LogP contribution in [0.3, 0.4) is 0 Å². The van der Waals surface area contributed by atoms with Crippen LogP contribution in [0.2, 0.25) is 0 Å². The molecule has 4 aliphatic heterocycles. The third-order valence-electron chi connectivity index (χ3n) is 10.7. The Morgan fingerprint density at radius 3 is 2.44 bits per heavy atom. The molecule has 45 heavy (non-hydrogen) atoms. The van der Waals surface area contributed by atoms with Crippen molar-refractivity contribution in [2.24, 2.45) is 17.8 Å². The van der Waals surface area contributed by atoms with Gasteiger partial charge in [-0.25, -0.2) is 0 Å². The van der Waals surface area contributed by atoms with E-state index in [1.54, 1.807) is 33.7 Å². The number of amides is 3. The van der Waals surface area contributed by atoms with Crippen molar-refractivity contribution in [2.75, 3.05) is 64.0 Å². The van der Waals surface area contributed by atoms with Gasteiger partial charge in [-0.15, -0.1) is 24.9 Å². The molecule has 4 fully saturated rings. The van der Waals surface area contributed by atoms with Gasteiger partial charge in [-0.2, -0.15) is 0 Å². The van der Waals surface area contributed by atoms with Gasteiger partial charge in [-0.05, 0) is 37.8 Å². The molecule has 246 valence electrons. The molecule has 4 heterocycles. The normalized spacial score (nSPS) is 30.5. The zero-order valence-electron chi connectivity index (χ0n) is 27.1. The second-order valence-electron chi connectivity index (χ2n) is 13.2. The van der Waals surface area contributed by atoms with Crippen LogP contribution in [0, 0.1) is 17.8 Å². The summed E-state index contributed by atoms with van der Waals surface area (Å²) in [6.45, 7) is 18.6. The summed E-state index contributed by atoms with van der Waals surface area (Å²) in [7, 11) is 0. The van der Waals surface area contributed by atoms with Gasteiger partial charge in [-0.3, -0.25) is 19.3 Å². The molecule has 1 N–H and O–H groups in total. The average Bonchev–Trinajstić information content (AvgIpc) is 3.63. The molecule has 1 aromatic rings. The maximum atomic E-state index is 14.9. The predicted molar refractivity (Wildman–Crippen MR) is 179 cm³/mol. The first kappa shape index (κ1) is 33.7. The molecule has 10 heteroatoms. The van der Waals surface area contributed by atoms with E-state index in [0.717, 1.165) is 31.6 Å². The molecule has 0 aliphatic carbocycles. The molecule has 4 aliphatic rings. The predicted octanol–water partition coefficient (Wildman–Crippen LogP) is 3.44. The van der Waals surface area contributed by atoms with Crippen molar-refractivity contribution in [3.05, 3.63) is 55.6 Å². The van der Waals surface area contributed by atoms with Crippen molar-refractivity contribution in [3.8, 4) is 0 Å². The van der Waals surface area contributed by atoms with E-state index < -0.39 is 33.4 Å². The number of aliphatic hydroxyl groups is 1. The maximum absolute atomic E-state index is 14.9. The minimum atomic E-state index is -0.778. The van der Waals surface area contributed by atoms with E-state index in [2.05, 4.69) is 25.0 Å². The highest BCUT2D eigenvalue weighted by Crippen LogP contribution is 2.72. The average molecular weight is 639 g/mol. The number of aliphatic hydroxyl groups excluding tert-OH is 1. The van der Waals surface area contributed by atoms with Crippen LogP contribution in [0.5, 0.6) is 0 Å². The van der Waals surface area contributed by atoms with Gasteiger partial charge in [0.25, 0.3) is 0 Å². The second kappa shape index (κ2) is 14.0. The summed E-state index contributed by atoms with van der Waals surface area (Å²) in [6, 6.07) is 8.22. The third-order valence-corrected chi connectivity index (χ3v) is 12.6. The fourth-order valence-corrected chi connectivity index (χ4v) is 10.5. The number of rotatable bonds is 14. The van der Waals surface area contributed by atoms with Crippen LogP contribution in [0.15, 0.2) is 55.6 Å². The number of ether oxygens (including phenoxy) is 1. The SMILES string of the molecule is C=CCN(CCN1CCOCC1)C(=O)C1N([C@@H](CO)[C@@H](C)CC)C(=O)[C@@H]2[C@@H](C(=O)N(CC=C)c3ccccc3)[C@@]3(C)CCC12S3. The molecule has 2 unspecified atom stereocenters. The van der Waals surface area contributed by atoms with Crippen molar-refractivity contribution in [1.29, 1.82) is 0 Å². The van der Waals surface area contributed by atoms with E-state index in [9.17, 15) is 19.5 Å². The summed E-state index contributed by atoms with van der Waals surface area (Å²) in [4.78, 5) is 52.0. The molecular formula is C35H50N4O5S. The van der Waals surface area contributed by atoms with Crippen LogP contribution in [-0.4, -0.2) is 118 Å². The largest absolute Gasteiger partial charge is 0.394 e. The number of thioether (sulfide) groups is 1. The molecule has 2 bridgehead atoms. The summed E-state index contributed by atoms with van der Waals surface area (Å²) >= 11 is 1.67. The van der Waals surface area contributed by atoms with Gasteiger partial charge in [-0.1, -0.05) is 50.6 Å². The number of likely N-dealkylation sites (tertiary alicyclic amines) is 1. The Hall–Kier alpha value is -2.66. The first-order chi connectivity index (χ1) is 21.7. The molecular weight excluding hydrogens is 588 g/mol. The number of hydrogen-bond donors (Lipinski definition) is 1. The lowest BCUT2D eigenvalue weighted by Gasteiger charge is -2.41. The van der Waals surface area contributed by atoms with E-state index in [-0.39, 0.29) is 30.2 Å². The highest BCUT2D eigenvalue weighted by atomic mass is 32.2. The number of morpholine rings is 1. The lowest BCUT2D eigenvalue weighted by molar-refractivity contribution is -0.147. The molecule has 1 spiro atoms. The number of anilines is 1. The van der Waals surface area contributed by atoms with Crippen LogP contribution in [0.4, 0.5) is 5.69 Å². The number of nitrogens with zero attached hydrogens (tertiary/aromatic N) is 4. The number of para-hydroxylation sites is 1. The third kappa shape index (κ3) is 5.99. The Labute approximate surface area is 272 Å². The number of fused-ring (bicyclic) bond motifs is 1. The molecule has 9 nitrogen and oxygen atoms in total. The minimum Gasteiger partial charge on any atom is -0.394 e. The monoisotopic (exact) mass is 638 g/mol. The second-order valence-corrected chi connectivity index (χ2v) is 15.1. The Morgan fingerprint density at radius 1 is 1.13 bits per heavy atom. The van der Waals surface area contributed by atoms with E-state index in [1.165, 1.54) is 0 Å². The minimum absolute atomic E-state index is 0.0285. The van der Waals surface area contributed by atoms with Crippen LogP contribution >= 0.6 is 11.8 Å². The van der Waals surface area contributed by atoms with Gasteiger partial charge in [0.1, 0.15) is 6.04 Å². The molecule has 5 rings (SSSR count). The zero-order chi connectivity index (χ0) is 32.4. The fraction of sp³-hybridized carbons (Fsp3) is 0.629. The summed E-state index contributed by atoms with van der Waals surface area (Å²) < 4.78 is 4.25. The van der Waals surface area contributed by atoms with Crippen LogP contribution in [-0.2, 0) is 19.1 Å². The Balaban J connectivity index is 1.55. The maximum Gasteiger partial charge on any atom is 0.247 e. The Bertz CT molecular complexity index is 1260. The van der Waals surface area contributed by atoms with Gasteiger partial charge < -0.3 is 24.5 Å². The number of hydrogen-bond acceptors (Lipinski definition) is 7. The number of benzene rings is 1. The molecule has 4 saturated heterocycles. The Morgan fingerprint density at radius 2 is 1.82 bits per heavy atom. The molecule has 0 radical (unpaired) electrons. The molecule has 1 aromatic carbocycles. The number of carbonyl (C=O) groups excluding carboxylic acids is 3. The summed E-state index contributed by atoms with van der Waals surface area (Å²) in [5.74, 6) is -1.71. The van der Waals surface area contributed by atoms with E-state index in [0.29, 0.717) is 45.8 Å². The summed E-state index contributed by atoms with van der Waals surface area (Å²) in [6.07, 6.45) is 5.60. The first-order valence-electron chi connectivity index (χ1n) is 16.5. The smallest absolute Gasteiger partial charge is 0.247 e. The fourth-order valence-electron chi connectivity index (χ4n) is 8.13. The quantitative estimate of drug-likeness (QED) is 0.312. The van der Waals surface area contributed by atoms with Crippen LogP contribution < -0.4 is 4.90 Å². The molecule has 0 aromatic heterocycles. The van der Waals surface area contributed by atoms with Gasteiger partial charge in [0.2, 0.25) is 17.7 Å². The van der Waals surface area contributed by atoms with E-state index in [4.69, 9.17) is 4.74 Å². The molecule has 3 amide bonds. The van der Waals surface area contributed by atoms with Crippen molar-refractivity contribution in [3.63, 3.8) is 0 Å². The first-order valence-corrected chi connectivity index (χ1v) is 17.3. The van der Waals surface area contributed by atoms with Crippen molar-refractivity contribution in [1.82, 2.24) is 14.7 Å². The van der Waals surface area contributed by atoms with Crippen molar-refractivity contribution < 1.29 is 24.2 Å². The summed E-state index contributed by atoms with van der Waals surface area (Å²) in [5.41, 5.74) is 0.760. The highest BCUT2D eigenvalue weighted by Gasteiger charge is 2.78. The lowest BCUT2D eigenvalue weighted by atomic mass is 9.66. The summed E-state index contributed by atoms with van der Waals surface area (Å²) in [5, 5.41) is 10.7. The van der Waals surface area contributed by atoms with Gasteiger partial charge in [0, 0.05) is 49.7 Å². The molecule has 7 atom stereocenters. The molecule has 0 saturated carbocycles. The van der Waals surface area contributed by atoms with Gasteiger partial charge in [0.15, 0.2) is 0 Å². The van der Waals surface area contributed by atoms with Gasteiger partial charge in [0.05, 0.1) is 42.4 Å². The van der Waals surface area contributed by atoms with E-state index >= 15 is 0 Å². The highest BCUT2D eigenvalue weighted by molar-refractivity contribution is 8.02. The Kier molecular flexibility index (Phi) is 10.5. The number of carbonyl (C=O) groups is 3. The lowest BCUT2D eigenvalue weighted by Crippen LogP contribution is -2.59. The van der Waals surface area contributed by atoms with Gasteiger partial charge >= 0.3 is 0 Å². The standard InChI is InChI=1S/C35H50N4O5S/c1-6-16-37(19-18-36-20-22-44-23-21-36)33(43)30-35-15-14-34(5,45-35)28(29(35)32(42)39(30)27(24-40)25(4)8-3)31(41)38(17-7-2)26-12-10-9-11-13-26/h6-7,9-13,25,27-30,40H,1-2,8,14-24H2,3-5H3/t25-,27-,28-,29-,30?,34+,35?/m0/s1. The van der Waals surface area contributed by atoms with Crippen molar-refractivity contribution >= 4 is 35.2 Å². The van der Waals surface area contributed by atoms with E-state index in [1.807, 2.05) is 49.1 Å². The van der Waals surface area contributed by atoms with Crippen molar-refractivity contribution in [2.45, 2.75) is 61.6 Å². The zero-order valence-corrected chi connectivity index (χ0v) is 27.9.